The highest BCUT2D eigenvalue weighted by atomic mass is 32.2. The van der Waals surface area contributed by atoms with Crippen molar-refractivity contribution in [1.29, 1.82) is 0 Å². The minimum absolute atomic E-state index is 0.668. The summed E-state index contributed by atoms with van der Waals surface area (Å²) in [4.78, 5) is 2.68. The Morgan fingerprint density at radius 3 is 2.77 bits per heavy atom. The third kappa shape index (κ3) is 2.20. The fourth-order valence-electron chi connectivity index (χ4n) is 2.59. The van der Waals surface area contributed by atoms with E-state index in [4.69, 9.17) is 5.73 Å². The molecule has 2 aliphatic rings. The van der Waals surface area contributed by atoms with Gasteiger partial charge in [-0.1, -0.05) is 12.8 Å². The number of hydrogen-bond acceptors (Lipinski definition) is 3. The van der Waals surface area contributed by atoms with E-state index in [0.29, 0.717) is 6.04 Å². The van der Waals surface area contributed by atoms with Crippen molar-refractivity contribution < 1.29 is 0 Å². The number of nitrogens with zero attached hydrogens (tertiary/aromatic N) is 1. The summed E-state index contributed by atoms with van der Waals surface area (Å²) in [5.74, 6) is 2.57. The van der Waals surface area contributed by atoms with E-state index < -0.39 is 0 Å². The van der Waals surface area contributed by atoms with Crippen LogP contribution in [0, 0.1) is 0 Å². The molecule has 0 radical (unpaired) electrons. The summed E-state index contributed by atoms with van der Waals surface area (Å²) >= 11 is 2.07. The molecule has 3 heteroatoms. The molecule has 2 rings (SSSR count). The van der Waals surface area contributed by atoms with Crippen molar-refractivity contribution in [3.8, 4) is 0 Å². The topological polar surface area (TPSA) is 29.3 Å². The summed E-state index contributed by atoms with van der Waals surface area (Å²) in [7, 11) is 0. The van der Waals surface area contributed by atoms with E-state index in [2.05, 4.69) is 16.7 Å². The van der Waals surface area contributed by atoms with Gasteiger partial charge in [-0.05, 0) is 12.8 Å². The van der Waals surface area contributed by atoms with Gasteiger partial charge in [-0.15, -0.1) is 0 Å². The average molecular weight is 200 g/mol. The lowest BCUT2D eigenvalue weighted by molar-refractivity contribution is 0.157. The average Bonchev–Trinajstić information content (AvgIpc) is 2.70. The first kappa shape index (κ1) is 9.81. The summed E-state index contributed by atoms with van der Waals surface area (Å²) < 4.78 is 0. The second-order valence-corrected chi connectivity index (χ2v) is 5.29. The maximum absolute atomic E-state index is 5.81. The van der Waals surface area contributed by atoms with Crippen molar-refractivity contribution in [2.24, 2.45) is 5.73 Å². The first-order valence-electron chi connectivity index (χ1n) is 5.45. The molecule has 0 aromatic rings. The zero-order valence-electron chi connectivity index (χ0n) is 8.24. The van der Waals surface area contributed by atoms with Crippen LogP contribution in [0.15, 0.2) is 0 Å². The Hall–Kier alpha value is 0.270. The minimum Gasteiger partial charge on any atom is -0.329 e. The molecular formula is C10H20N2S. The van der Waals surface area contributed by atoms with Crippen molar-refractivity contribution in [3.05, 3.63) is 0 Å². The second-order valence-electron chi connectivity index (χ2n) is 4.14. The van der Waals surface area contributed by atoms with Gasteiger partial charge in [0.2, 0.25) is 0 Å². The van der Waals surface area contributed by atoms with Crippen molar-refractivity contribution in [2.75, 3.05) is 24.6 Å². The van der Waals surface area contributed by atoms with Gasteiger partial charge in [-0.3, -0.25) is 4.90 Å². The van der Waals surface area contributed by atoms with E-state index >= 15 is 0 Å². The zero-order valence-corrected chi connectivity index (χ0v) is 9.06. The highest BCUT2D eigenvalue weighted by molar-refractivity contribution is 7.99. The minimum atomic E-state index is 0.668. The van der Waals surface area contributed by atoms with Gasteiger partial charge in [-0.25, -0.2) is 0 Å². The van der Waals surface area contributed by atoms with Gasteiger partial charge in [0.1, 0.15) is 0 Å². The van der Waals surface area contributed by atoms with E-state index in [-0.39, 0.29) is 0 Å². The maximum Gasteiger partial charge on any atom is 0.0312 e. The van der Waals surface area contributed by atoms with Crippen molar-refractivity contribution in [1.82, 2.24) is 4.90 Å². The molecule has 2 fully saturated rings. The molecule has 1 aliphatic heterocycles. The Labute approximate surface area is 85.2 Å². The maximum atomic E-state index is 5.81. The van der Waals surface area contributed by atoms with Crippen LogP contribution in [0.4, 0.5) is 0 Å². The van der Waals surface area contributed by atoms with Crippen LogP contribution in [0.25, 0.3) is 0 Å². The van der Waals surface area contributed by atoms with E-state index in [1.807, 2.05) is 0 Å². The van der Waals surface area contributed by atoms with Gasteiger partial charge in [-0.2, -0.15) is 11.8 Å². The molecule has 0 aromatic carbocycles. The lowest BCUT2D eigenvalue weighted by Gasteiger charge is -2.39. The standard InChI is InChI=1S/C10H20N2S/c11-7-10-8-13-6-5-12(10)9-3-1-2-4-9/h9-10H,1-8,11H2. The molecule has 76 valence electrons. The summed E-state index contributed by atoms with van der Waals surface area (Å²) in [5, 5.41) is 0. The van der Waals surface area contributed by atoms with Gasteiger partial charge >= 0.3 is 0 Å². The van der Waals surface area contributed by atoms with Crippen molar-refractivity contribution in [3.63, 3.8) is 0 Å². The first-order chi connectivity index (χ1) is 6.42. The molecule has 0 aromatic heterocycles. The number of thioether (sulfide) groups is 1. The SMILES string of the molecule is NCC1CSCCN1C1CCCC1. The summed E-state index contributed by atoms with van der Waals surface area (Å²) in [6.07, 6.45) is 5.71. The Morgan fingerprint density at radius 2 is 2.08 bits per heavy atom. The third-order valence-electron chi connectivity index (χ3n) is 3.34. The highest BCUT2D eigenvalue weighted by Gasteiger charge is 2.29. The number of hydrogen-bond donors (Lipinski definition) is 1. The molecule has 1 unspecified atom stereocenters. The van der Waals surface area contributed by atoms with Gasteiger partial charge < -0.3 is 5.73 Å². The third-order valence-corrected chi connectivity index (χ3v) is 4.43. The fourth-order valence-corrected chi connectivity index (χ4v) is 3.69. The molecule has 0 amide bonds. The van der Waals surface area contributed by atoms with Gasteiger partial charge in [0.15, 0.2) is 0 Å². The van der Waals surface area contributed by atoms with Crippen LogP contribution in [0.1, 0.15) is 25.7 Å². The van der Waals surface area contributed by atoms with Crippen LogP contribution in [0.2, 0.25) is 0 Å². The van der Waals surface area contributed by atoms with Gasteiger partial charge in [0.25, 0.3) is 0 Å². The van der Waals surface area contributed by atoms with Crippen molar-refractivity contribution >= 4 is 11.8 Å². The predicted octanol–water partition coefficient (Wildman–Crippen LogP) is 1.31. The monoisotopic (exact) mass is 200 g/mol. The molecule has 0 spiro atoms. The van der Waals surface area contributed by atoms with Crippen LogP contribution in [0.3, 0.4) is 0 Å². The van der Waals surface area contributed by atoms with Crippen LogP contribution in [-0.2, 0) is 0 Å². The fraction of sp³-hybridized carbons (Fsp3) is 1.00. The Kier molecular flexibility index (Phi) is 3.52. The lowest BCUT2D eigenvalue weighted by atomic mass is 10.1. The lowest BCUT2D eigenvalue weighted by Crippen LogP contribution is -2.50. The normalized spacial score (nSPS) is 32.5. The van der Waals surface area contributed by atoms with E-state index in [1.165, 1.54) is 43.7 Å². The molecule has 1 heterocycles. The summed E-state index contributed by atoms with van der Waals surface area (Å²) in [6.45, 7) is 2.13. The largest absolute Gasteiger partial charge is 0.329 e. The summed E-state index contributed by atoms with van der Waals surface area (Å²) in [6, 6.07) is 1.54. The Bertz CT molecular complexity index is 155. The number of nitrogens with two attached hydrogens (primary N) is 1. The molecule has 1 saturated carbocycles. The Morgan fingerprint density at radius 1 is 1.31 bits per heavy atom. The molecule has 1 aliphatic carbocycles. The molecule has 1 saturated heterocycles. The number of rotatable bonds is 2. The second kappa shape index (κ2) is 4.67. The molecule has 2 N–H and O–H groups in total. The van der Waals surface area contributed by atoms with Gasteiger partial charge in [0.05, 0.1) is 0 Å². The van der Waals surface area contributed by atoms with Crippen LogP contribution < -0.4 is 5.73 Å². The molecule has 0 bridgehead atoms. The van der Waals surface area contributed by atoms with Crippen LogP contribution >= 0.6 is 11.8 Å². The van der Waals surface area contributed by atoms with Gasteiger partial charge in [0, 0.05) is 36.7 Å². The quantitative estimate of drug-likeness (QED) is 0.728. The first-order valence-corrected chi connectivity index (χ1v) is 6.61. The summed E-state index contributed by atoms with van der Waals surface area (Å²) in [5.41, 5.74) is 5.81. The molecule has 13 heavy (non-hydrogen) atoms. The van der Waals surface area contributed by atoms with Crippen LogP contribution in [0.5, 0.6) is 0 Å². The van der Waals surface area contributed by atoms with Crippen molar-refractivity contribution in [2.45, 2.75) is 37.8 Å². The smallest absolute Gasteiger partial charge is 0.0312 e. The molecular weight excluding hydrogens is 180 g/mol. The van der Waals surface area contributed by atoms with E-state index in [0.717, 1.165) is 12.6 Å². The van der Waals surface area contributed by atoms with E-state index in [1.54, 1.807) is 0 Å². The van der Waals surface area contributed by atoms with Crippen LogP contribution in [-0.4, -0.2) is 41.6 Å². The van der Waals surface area contributed by atoms with E-state index in [9.17, 15) is 0 Å². The zero-order chi connectivity index (χ0) is 9.10. The predicted molar refractivity (Wildman–Crippen MR) is 59.1 cm³/mol. The highest BCUT2D eigenvalue weighted by Crippen LogP contribution is 2.28. The Balaban J connectivity index is 1.93. The molecule has 1 atom stereocenters. The molecule has 2 nitrogen and oxygen atoms in total.